The maximum Gasteiger partial charge on any atom is 0.0436 e. The van der Waals surface area contributed by atoms with Crippen molar-refractivity contribution >= 4 is 0 Å². The van der Waals surface area contributed by atoms with E-state index >= 15 is 0 Å². The highest BCUT2D eigenvalue weighted by Crippen LogP contribution is 2.02. The van der Waals surface area contributed by atoms with Crippen LogP contribution in [-0.2, 0) is 0 Å². The maximum atomic E-state index is 8.63. The van der Waals surface area contributed by atoms with Crippen LogP contribution in [0.5, 0.6) is 0 Å². The highest BCUT2D eigenvalue weighted by molar-refractivity contribution is 5.03. The average Bonchev–Trinajstić information content (AvgIpc) is 2.05. The van der Waals surface area contributed by atoms with E-state index in [2.05, 4.69) is 38.2 Å². The van der Waals surface area contributed by atoms with Crippen molar-refractivity contribution in [1.82, 2.24) is 0 Å². The summed E-state index contributed by atoms with van der Waals surface area (Å²) in [7, 11) is 0. The molecule has 1 nitrogen and oxygen atoms in total. The molecule has 0 amide bonds. The largest absolute Gasteiger partial charge is 0.396 e. The van der Waals surface area contributed by atoms with Crippen LogP contribution in [0.25, 0.3) is 0 Å². The molecule has 0 aromatic heterocycles. The van der Waals surface area contributed by atoms with E-state index in [4.69, 9.17) is 5.11 Å². The van der Waals surface area contributed by atoms with Crippen molar-refractivity contribution < 1.29 is 5.11 Å². The lowest BCUT2D eigenvalue weighted by Crippen LogP contribution is -1.92. The van der Waals surface area contributed by atoms with E-state index in [1.807, 2.05) is 0 Å². The molecule has 70 valence electrons. The summed E-state index contributed by atoms with van der Waals surface area (Å²) in [6.45, 7) is 4.56. The molecule has 0 aliphatic carbocycles. The minimum atomic E-state index is 0.282. The first-order valence-electron chi connectivity index (χ1n) is 4.75. The van der Waals surface area contributed by atoms with Gasteiger partial charge in [0.25, 0.3) is 0 Å². The fourth-order valence-corrected chi connectivity index (χ4v) is 0.895. The van der Waals surface area contributed by atoms with Gasteiger partial charge in [0.05, 0.1) is 0 Å². The molecular formula is C11H20O. The molecule has 0 fully saturated rings. The molecule has 0 spiro atoms. The zero-order chi connectivity index (χ0) is 9.23. The zero-order valence-electron chi connectivity index (χ0n) is 8.16. The summed E-state index contributed by atoms with van der Waals surface area (Å²) in [5, 5.41) is 8.63. The maximum absolute atomic E-state index is 8.63. The van der Waals surface area contributed by atoms with Crippen molar-refractivity contribution in [2.75, 3.05) is 6.61 Å². The molecule has 0 aromatic rings. The van der Waals surface area contributed by atoms with Crippen LogP contribution in [0.15, 0.2) is 24.3 Å². The lowest BCUT2D eigenvalue weighted by Gasteiger charge is -1.99. The molecule has 0 aliphatic rings. The molecule has 0 saturated heterocycles. The summed E-state index contributed by atoms with van der Waals surface area (Å²) in [6, 6.07) is 0. The molecular weight excluding hydrogens is 148 g/mol. The molecule has 0 radical (unpaired) electrons. The second-order valence-corrected chi connectivity index (χ2v) is 3.09. The van der Waals surface area contributed by atoms with Gasteiger partial charge in [-0.1, -0.05) is 44.6 Å². The number of hydrogen-bond acceptors (Lipinski definition) is 1. The first-order chi connectivity index (χ1) is 5.81. The fraction of sp³-hybridized carbons (Fsp3) is 0.636. The van der Waals surface area contributed by atoms with Crippen LogP contribution < -0.4 is 0 Å². The first-order valence-corrected chi connectivity index (χ1v) is 4.75. The number of rotatable bonds is 6. The van der Waals surface area contributed by atoms with Crippen LogP contribution in [0.2, 0.25) is 0 Å². The van der Waals surface area contributed by atoms with Crippen molar-refractivity contribution in [3.05, 3.63) is 24.3 Å². The molecule has 0 aliphatic heterocycles. The molecule has 0 saturated carbocycles. The summed E-state index contributed by atoms with van der Waals surface area (Å²) in [5.41, 5.74) is 0. The summed E-state index contributed by atoms with van der Waals surface area (Å²) in [6.07, 6.45) is 11.7. The molecule has 0 bridgehead atoms. The smallest absolute Gasteiger partial charge is 0.0436 e. The highest BCUT2D eigenvalue weighted by atomic mass is 16.2. The summed E-state index contributed by atoms with van der Waals surface area (Å²) < 4.78 is 0. The quantitative estimate of drug-likeness (QED) is 0.605. The second kappa shape index (κ2) is 8.54. The fourth-order valence-electron chi connectivity index (χ4n) is 0.895. The number of allylic oxidation sites excluding steroid dienone is 4. The van der Waals surface area contributed by atoms with E-state index in [1.54, 1.807) is 0 Å². The van der Waals surface area contributed by atoms with Gasteiger partial charge in [-0.05, 0) is 18.8 Å². The van der Waals surface area contributed by atoms with Gasteiger partial charge in [0, 0.05) is 6.61 Å². The van der Waals surface area contributed by atoms with Gasteiger partial charge in [0.2, 0.25) is 0 Å². The molecule has 0 heterocycles. The molecule has 1 atom stereocenters. The lowest BCUT2D eigenvalue weighted by atomic mass is 10.1. The normalized spacial score (nSPS) is 14.6. The van der Waals surface area contributed by atoms with Gasteiger partial charge in [-0.2, -0.15) is 0 Å². The Labute approximate surface area is 75.8 Å². The first kappa shape index (κ1) is 11.4. The van der Waals surface area contributed by atoms with Gasteiger partial charge in [0.1, 0.15) is 0 Å². The Morgan fingerprint density at radius 2 is 2.08 bits per heavy atom. The Morgan fingerprint density at radius 1 is 1.33 bits per heavy atom. The SMILES string of the molecule is CCCC=CC=CC(C)CCO. The average molecular weight is 168 g/mol. The monoisotopic (exact) mass is 168 g/mol. The molecule has 0 rings (SSSR count). The third-order valence-electron chi connectivity index (χ3n) is 1.73. The highest BCUT2D eigenvalue weighted by Gasteiger charge is 1.92. The van der Waals surface area contributed by atoms with Crippen LogP contribution in [0, 0.1) is 5.92 Å². The molecule has 1 N–H and O–H groups in total. The third kappa shape index (κ3) is 7.55. The van der Waals surface area contributed by atoms with E-state index in [1.165, 1.54) is 6.42 Å². The van der Waals surface area contributed by atoms with Crippen molar-refractivity contribution in [3.63, 3.8) is 0 Å². The van der Waals surface area contributed by atoms with Crippen LogP contribution in [0.3, 0.4) is 0 Å². The standard InChI is InChI=1S/C11H20O/c1-3-4-5-6-7-8-11(2)9-10-12/h5-8,11-12H,3-4,9-10H2,1-2H3. The van der Waals surface area contributed by atoms with Gasteiger partial charge in [-0.15, -0.1) is 0 Å². The topological polar surface area (TPSA) is 20.2 Å². The van der Waals surface area contributed by atoms with Crippen LogP contribution in [-0.4, -0.2) is 11.7 Å². The van der Waals surface area contributed by atoms with Crippen molar-refractivity contribution in [1.29, 1.82) is 0 Å². The van der Waals surface area contributed by atoms with E-state index in [0.717, 1.165) is 12.8 Å². The molecule has 12 heavy (non-hydrogen) atoms. The van der Waals surface area contributed by atoms with Crippen molar-refractivity contribution in [2.45, 2.75) is 33.1 Å². The Balaban J connectivity index is 3.46. The van der Waals surface area contributed by atoms with Crippen LogP contribution in [0.4, 0.5) is 0 Å². The third-order valence-corrected chi connectivity index (χ3v) is 1.73. The van der Waals surface area contributed by atoms with Crippen LogP contribution >= 0.6 is 0 Å². The number of unbranched alkanes of at least 4 members (excludes halogenated alkanes) is 1. The molecule has 1 unspecified atom stereocenters. The Bertz CT molecular complexity index is 136. The van der Waals surface area contributed by atoms with Gasteiger partial charge in [-0.25, -0.2) is 0 Å². The lowest BCUT2D eigenvalue weighted by molar-refractivity contribution is 0.274. The number of aliphatic hydroxyl groups excluding tert-OH is 1. The zero-order valence-corrected chi connectivity index (χ0v) is 8.16. The number of hydrogen-bond donors (Lipinski definition) is 1. The predicted octanol–water partition coefficient (Wildman–Crippen LogP) is 2.92. The van der Waals surface area contributed by atoms with E-state index in [9.17, 15) is 0 Å². The van der Waals surface area contributed by atoms with Crippen molar-refractivity contribution in [2.24, 2.45) is 5.92 Å². The summed E-state index contributed by atoms with van der Waals surface area (Å²) in [4.78, 5) is 0. The van der Waals surface area contributed by atoms with Gasteiger partial charge in [-0.3, -0.25) is 0 Å². The van der Waals surface area contributed by atoms with Gasteiger partial charge in [0.15, 0.2) is 0 Å². The van der Waals surface area contributed by atoms with Gasteiger partial charge >= 0.3 is 0 Å². The number of aliphatic hydroxyl groups is 1. The second-order valence-electron chi connectivity index (χ2n) is 3.09. The van der Waals surface area contributed by atoms with Gasteiger partial charge < -0.3 is 5.11 Å². The Morgan fingerprint density at radius 3 is 2.67 bits per heavy atom. The van der Waals surface area contributed by atoms with E-state index in [-0.39, 0.29) is 6.61 Å². The Kier molecular flexibility index (Phi) is 8.14. The molecule has 1 heteroatoms. The van der Waals surface area contributed by atoms with Crippen LogP contribution in [0.1, 0.15) is 33.1 Å². The Hall–Kier alpha value is -0.560. The molecule has 0 aromatic carbocycles. The van der Waals surface area contributed by atoms with E-state index < -0.39 is 0 Å². The van der Waals surface area contributed by atoms with Crippen molar-refractivity contribution in [3.8, 4) is 0 Å². The van der Waals surface area contributed by atoms with E-state index in [0.29, 0.717) is 5.92 Å². The minimum absolute atomic E-state index is 0.282. The minimum Gasteiger partial charge on any atom is -0.396 e. The predicted molar refractivity (Wildman–Crippen MR) is 54.1 cm³/mol. The summed E-state index contributed by atoms with van der Waals surface area (Å²) in [5.74, 6) is 0.487. The summed E-state index contributed by atoms with van der Waals surface area (Å²) >= 11 is 0.